The summed E-state index contributed by atoms with van der Waals surface area (Å²) in [4.78, 5) is 145. The molecule has 1 fully saturated rings. The Balaban J connectivity index is 1.05. The zero-order valence-corrected chi connectivity index (χ0v) is 65.2. The number of carboxylic acids is 3. The minimum Gasteiger partial charge on any atom is -0.481 e. The first-order valence-electron chi connectivity index (χ1n) is 33.5. The van der Waals surface area contributed by atoms with Gasteiger partial charge in [-0.15, -0.1) is 0 Å². The van der Waals surface area contributed by atoms with Gasteiger partial charge in [-0.25, -0.2) is 13.9 Å². The van der Waals surface area contributed by atoms with Gasteiger partial charge in [-0.2, -0.15) is 26.4 Å². The number of hydrogen-bond donors (Lipinski definition) is 15. The van der Waals surface area contributed by atoms with E-state index in [0.717, 1.165) is 27.2 Å². The van der Waals surface area contributed by atoms with E-state index in [1.54, 1.807) is 12.1 Å². The number of aliphatic carboxylic acids is 3. The number of nitrogen functional groups attached to an aromatic ring is 1. The largest absolute Gasteiger partial charge is 0.481 e. The molecule has 4 heterocycles. The minimum atomic E-state index is -4.57. The molecule has 43 heteroatoms. The van der Waals surface area contributed by atoms with Crippen molar-refractivity contribution in [1.82, 2.24) is 36.1 Å². The van der Waals surface area contributed by atoms with Crippen molar-refractivity contribution in [1.29, 1.82) is 0 Å². The number of carbonyl (C=O) groups is 8. The van der Waals surface area contributed by atoms with Crippen molar-refractivity contribution in [3.05, 3.63) is 106 Å². The number of aromatic nitrogens is 2. The van der Waals surface area contributed by atoms with Crippen molar-refractivity contribution in [2.24, 2.45) is 0 Å². The van der Waals surface area contributed by atoms with Gasteiger partial charge in [0.15, 0.2) is 14.7 Å². The fourth-order valence-corrected chi connectivity index (χ4v) is 16.5. The Morgan fingerprint density at radius 1 is 0.796 bits per heavy atom. The van der Waals surface area contributed by atoms with Crippen LogP contribution in [0.2, 0.25) is 0 Å². The number of ether oxygens (including phenoxy) is 1. The minimum absolute atomic E-state index is 0.00107. The molecule has 592 valence electrons. The summed E-state index contributed by atoms with van der Waals surface area (Å²) in [6, 6.07) is 4.19. The number of carbonyl (C=O) groups excluding carboxylic acids is 5. The van der Waals surface area contributed by atoms with Gasteiger partial charge in [0.05, 0.1) is 52.9 Å². The first-order chi connectivity index (χ1) is 50.8. The second-order valence-corrected chi connectivity index (χ2v) is 33.8. The quantitative estimate of drug-likeness (QED) is 0.00728. The molecule has 16 N–H and O–H groups in total. The molecule has 3 aromatic rings. The third-order valence-electron chi connectivity index (χ3n) is 17.1. The van der Waals surface area contributed by atoms with Gasteiger partial charge in [-0.3, -0.25) is 51.5 Å². The van der Waals surface area contributed by atoms with E-state index in [1.807, 2.05) is 74.9 Å². The zero-order valence-electron chi connectivity index (χ0n) is 59.2. The lowest BCUT2D eigenvalue weighted by Crippen LogP contribution is -2.52. The molecule has 0 bridgehead atoms. The Bertz CT molecular complexity index is 4290. The van der Waals surface area contributed by atoms with Crippen LogP contribution in [-0.4, -0.2) is 203 Å². The number of unbranched alkanes of at least 4 members (excludes halogenated alkanes) is 4. The number of anilines is 2. The highest BCUT2D eigenvalue weighted by Crippen LogP contribution is 2.51. The van der Waals surface area contributed by atoms with Gasteiger partial charge >= 0.3 is 40.8 Å². The first-order valence-corrected chi connectivity index (χ1v) is 42.0. The molecule has 5 amide bonds. The van der Waals surface area contributed by atoms with Gasteiger partial charge in [-0.05, 0) is 88.4 Å². The lowest BCUT2D eigenvalue weighted by Gasteiger charge is -2.25. The maximum Gasteiger partial charge on any atom is 0.351 e. The molecular weight excluding hydrogens is 1560 g/mol. The van der Waals surface area contributed by atoms with Gasteiger partial charge in [0.2, 0.25) is 35.2 Å². The van der Waals surface area contributed by atoms with E-state index in [9.17, 15) is 89.3 Å². The number of allylic oxidation sites excluding steroid dienone is 6. The van der Waals surface area contributed by atoms with E-state index < -0.39 is 160 Å². The summed E-state index contributed by atoms with van der Waals surface area (Å²) in [6.45, 7) is 10.4. The molecule has 0 radical (unpaired) electrons. The van der Waals surface area contributed by atoms with Crippen LogP contribution in [0.5, 0.6) is 0 Å². The lowest BCUT2D eigenvalue weighted by atomic mass is 9.81. The van der Waals surface area contributed by atoms with Crippen LogP contribution in [0, 0.1) is 11.8 Å². The molecule has 0 aliphatic carbocycles. The third kappa shape index (κ3) is 26.7. The molecule has 0 spiro atoms. The highest BCUT2D eigenvalue weighted by molar-refractivity contribution is 8.76. The first kappa shape index (κ1) is 89.5. The fraction of sp³-hybridized carbons (Fsp3) is 0.492. The molecule has 2 aromatic carbocycles. The zero-order chi connectivity index (χ0) is 79.8. The summed E-state index contributed by atoms with van der Waals surface area (Å²) in [5.41, 5.74) is 8.43. The third-order valence-corrected chi connectivity index (χ3v) is 23.6. The van der Waals surface area contributed by atoms with Gasteiger partial charge in [0, 0.05) is 97.4 Å². The number of likely N-dealkylation sites (N-methyl/N-ethyl adjacent to an activating group) is 1. The topological polar surface area (TPSA) is 551 Å². The average Bonchev–Trinajstić information content (AvgIpc) is 1.59. The summed E-state index contributed by atoms with van der Waals surface area (Å²) in [5.74, 6) is -2.56. The van der Waals surface area contributed by atoms with Crippen LogP contribution in [-0.2, 0) is 87.3 Å². The van der Waals surface area contributed by atoms with Gasteiger partial charge < -0.3 is 81.6 Å². The van der Waals surface area contributed by atoms with E-state index in [-0.39, 0.29) is 84.5 Å². The molecule has 36 nitrogen and oxygen atoms in total. The van der Waals surface area contributed by atoms with Crippen LogP contribution in [0.15, 0.2) is 93.3 Å². The van der Waals surface area contributed by atoms with E-state index >= 15 is 0 Å². The molecule has 1 saturated heterocycles. The monoisotopic (exact) mass is 1650 g/mol. The van der Waals surface area contributed by atoms with Crippen molar-refractivity contribution in [3.8, 4) is 11.8 Å². The van der Waals surface area contributed by atoms with E-state index in [1.165, 1.54) is 52.1 Å². The van der Waals surface area contributed by atoms with Crippen LogP contribution in [0.1, 0.15) is 135 Å². The molecule has 6 unspecified atom stereocenters. The number of rotatable bonds is 43. The predicted molar refractivity (Wildman–Crippen MR) is 399 cm³/mol. The van der Waals surface area contributed by atoms with Crippen molar-refractivity contribution in [3.63, 3.8) is 0 Å². The molecule has 8 atom stereocenters. The van der Waals surface area contributed by atoms with E-state index in [0.29, 0.717) is 56.4 Å². The standard InChI is InChI=1S/C65H87N10O26P3S4/c1-6-73-47-24-22-40(107(92,93)94)31-42(47)64(2,3)51(73)18-10-7-11-19-52-65(4,5)43-32-41(108(95,96)97)23-25-48(43)74(52)29-15-9-13-21-55(79)70-46(60(84)68-27-14-8-12-20-54(78)69-44(33-57(80)81)61(85)71-45(62(86)87)34-58(82)83)38-106-105-30-26-53(77)67-28-16-17-39-36-75(63(88)72-59(39)66)56-35-49(76)50(99-56)37-98-102-100-104(91)101-103(89)90/h7,10-11,18-19,22-25,31-32,36,44-46,49-50,56,76,89-91,102H,6,8-9,12-15,20-21,26-30,33-35,37-38H2,1-5H3,(H11-,66,67,68,69,70,71,72,77,78,79,80,81,82,83,84,85,86,87,88,92,93,94,95,96,97)/p+1/t44?,45?,46?,49?,50-,56-,104?/m1/s1. The van der Waals surface area contributed by atoms with Crippen molar-refractivity contribution < 1.29 is 122 Å². The number of benzene rings is 2. The Kier molecular flexibility index (Phi) is 34.5. The van der Waals surface area contributed by atoms with Crippen LogP contribution in [0.25, 0.3) is 0 Å². The molecule has 3 aliphatic rings. The number of aliphatic hydroxyl groups is 1. The Hall–Kier alpha value is -7.38. The number of carboxylic acid groups (broad SMARTS) is 3. The highest BCUT2D eigenvalue weighted by atomic mass is 33.1. The predicted octanol–water partition coefficient (Wildman–Crippen LogP) is 3.81. The molecule has 0 saturated carbocycles. The number of fused-ring (bicyclic) bond motifs is 2. The van der Waals surface area contributed by atoms with Gasteiger partial charge in [0.1, 0.15) is 42.8 Å². The lowest BCUT2D eigenvalue weighted by molar-refractivity contribution is -0.438. The second kappa shape index (κ2) is 41.6. The summed E-state index contributed by atoms with van der Waals surface area (Å²) in [6.07, 6.45) is 7.62. The van der Waals surface area contributed by atoms with Crippen LogP contribution in [0.3, 0.4) is 0 Å². The van der Waals surface area contributed by atoms with E-state index in [4.69, 9.17) is 34.2 Å². The molecule has 108 heavy (non-hydrogen) atoms. The molecule has 1 aromatic heterocycles. The maximum absolute atomic E-state index is 13.8. The highest BCUT2D eigenvalue weighted by Gasteiger charge is 2.45. The van der Waals surface area contributed by atoms with Gasteiger partial charge in [0.25, 0.3) is 20.2 Å². The van der Waals surface area contributed by atoms with Gasteiger partial charge in [-0.1, -0.05) is 71.9 Å². The number of nitrogens with two attached hydrogens (primary N) is 1. The molecule has 6 rings (SSSR count). The summed E-state index contributed by atoms with van der Waals surface area (Å²) >= 11 is 0. The Morgan fingerprint density at radius 3 is 2.07 bits per heavy atom. The average molecular weight is 1650 g/mol. The molecule has 3 aliphatic heterocycles. The summed E-state index contributed by atoms with van der Waals surface area (Å²) < 4.78 is 91.9. The van der Waals surface area contributed by atoms with Crippen LogP contribution >= 0.6 is 47.8 Å². The van der Waals surface area contributed by atoms with E-state index in [2.05, 4.69) is 47.3 Å². The number of aliphatic hydroxyl groups excluding tert-OH is 1. The Labute approximate surface area is 634 Å². The Morgan fingerprint density at radius 2 is 1.44 bits per heavy atom. The number of nitrogens with zero attached hydrogens (tertiary/aromatic N) is 4. The number of amides is 5. The molecular formula is C65H88N10O26P3S4+. The number of hydrogen-bond acceptors (Lipinski definition) is 26. The second-order valence-electron chi connectivity index (χ2n) is 25.5. The summed E-state index contributed by atoms with van der Waals surface area (Å²) in [5, 5.41) is 50.7. The van der Waals surface area contributed by atoms with Crippen molar-refractivity contribution in [2.75, 3.05) is 54.9 Å². The SMILES string of the molecule is CCN1\C(=C/C=C/C=C/C2=[N+](CCCCCC(=O)NC(CSSCCC(=O)NCC#Cc3cn([C@H]4CC(O)[C@@H](COPOP(O)OP(O)O)O4)c(=O)nc3N)C(=O)NCCCCCC(=O)NC(CC(=O)O)C(=O)NC(CC(=O)O)C(=O)O)c3ccc(S(=O)(=O)O)cc3C2(C)C)C(C)(C)c2cc(S(=O)(=O)O)ccc21. The van der Waals surface area contributed by atoms with Crippen molar-refractivity contribution in [2.45, 2.75) is 169 Å². The normalized spacial score (nSPS) is 18.2. The summed E-state index contributed by atoms with van der Waals surface area (Å²) in [7, 11) is -12.9. The fourth-order valence-electron chi connectivity index (χ4n) is 11.7. The van der Waals surface area contributed by atoms with Crippen molar-refractivity contribution >= 4 is 138 Å². The smallest absolute Gasteiger partial charge is 0.351 e. The van der Waals surface area contributed by atoms with Crippen LogP contribution in [0.4, 0.5) is 17.2 Å². The maximum atomic E-state index is 13.8. The number of nitrogens with one attached hydrogen (secondary N) is 5. The van der Waals surface area contributed by atoms with Crippen LogP contribution < -0.4 is 42.9 Å².